The Hall–Kier alpha value is -0.830. The van der Waals surface area contributed by atoms with E-state index in [0.29, 0.717) is 6.61 Å². The van der Waals surface area contributed by atoms with Crippen molar-refractivity contribution in [2.45, 2.75) is 6.42 Å². The van der Waals surface area contributed by atoms with E-state index in [-0.39, 0.29) is 5.97 Å². The van der Waals surface area contributed by atoms with Crippen molar-refractivity contribution in [3.63, 3.8) is 0 Å². The lowest BCUT2D eigenvalue weighted by Crippen LogP contribution is -2.40. The molecule has 0 aliphatic rings. The fourth-order valence-electron chi connectivity index (χ4n) is 0.836. The van der Waals surface area contributed by atoms with Crippen LogP contribution in [0.2, 0.25) is 0 Å². The second kappa shape index (κ2) is 5.75. The number of esters is 1. The second-order valence-electron chi connectivity index (χ2n) is 3.61. The first kappa shape index (κ1) is 12.2. The van der Waals surface area contributed by atoms with Crippen LogP contribution < -0.4 is 0 Å². The van der Waals surface area contributed by atoms with Crippen LogP contribution in [0.15, 0.2) is 12.7 Å². The summed E-state index contributed by atoms with van der Waals surface area (Å²) in [6, 6.07) is 0. The molecule has 0 N–H and O–H groups in total. The van der Waals surface area contributed by atoms with Gasteiger partial charge in [0.25, 0.3) is 0 Å². The molecule has 0 aromatic rings. The number of hydrogen-bond donors (Lipinski definition) is 0. The summed E-state index contributed by atoms with van der Waals surface area (Å²) in [4.78, 5) is 10.6. The molecule has 0 unspecified atom stereocenters. The van der Waals surface area contributed by atoms with Crippen molar-refractivity contribution < 1.29 is 14.0 Å². The molecule has 0 aliphatic carbocycles. The molecular formula is C10H19NO2+. The van der Waals surface area contributed by atoms with E-state index in [1.807, 2.05) is 0 Å². The first-order chi connectivity index (χ1) is 6.02. The minimum atomic E-state index is -0.347. The van der Waals surface area contributed by atoms with Crippen LogP contribution in [0.5, 0.6) is 0 Å². The lowest BCUT2D eigenvalue weighted by atomic mass is 10.3. The Morgan fingerprint density at radius 1 is 1.54 bits per heavy atom. The maximum atomic E-state index is 10.6. The molecule has 0 fully saturated rings. The number of rotatable bonds is 6. The molecule has 0 bridgehead atoms. The largest absolute Gasteiger partial charge is 0.462 e. The zero-order chi connectivity index (χ0) is 10.3. The highest BCUT2D eigenvalue weighted by molar-refractivity contribution is 5.81. The molecule has 0 rings (SSSR count). The predicted molar refractivity (Wildman–Crippen MR) is 53.0 cm³/mol. The van der Waals surface area contributed by atoms with Gasteiger partial charge in [0.15, 0.2) is 0 Å². The van der Waals surface area contributed by atoms with Gasteiger partial charge in [0.1, 0.15) is 0 Å². The van der Waals surface area contributed by atoms with Crippen LogP contribution in [0.3, 0.4) is 0 Å². The van der Waals surface area contributed by atoms with Crippen molar-refractivity contribution in [2.24, 2.45) is 0 Å². The summed E-state index contributed by atoms with van der Waals surface area (Å²) < 4.78 is 5.70. The molecule has 0 heterocycles. The molecule has 1 radical (unpaired) electrons. The maximum absolute atomic E-state index is 10.6. The van der Waals surface area contributed by atoms with Crippen molar-refractivity contribution in [2.75, 3.05) is 33.8 Å². The van der Waals surface area contributed by atoms with Gasteiger partial charge in [-0.15, -0.1) is 0 Å². The van der Waals surface area contributed by atoms with Crippen LogP contribution in [0, 0.1) is 6.92 Å². The quantitative estimate of drug-likeness (QED) is 0.267. The Morgan fingerprint density at radius 3 is 2.62 bits per heavy atom. The molecule has 75 valence electrons. The number of hydrogen-bond acceptors (Lipinski definition) is 2. The first-order valence-corrected chi connectivity index (χ1v) is 4.42. The summed E-state index contributed by atoms with van der Waals surface area (Å²) >= 11 is 0. The second-order valence-corrected chi connectivity index (χ2v) is 3.61. The summed E-state index contributed by atoms with van der Waals surface area (Å²) in [6.07, 6.45) is 2.05. The maximum Gasteiger partial charge on any atom is 0.330 e. The average Bonchev–Trinajstić information content (AvgIpc) is 2.12. The van der Waals surface area contributed by atoms with Crippen molar-refractivity contribution in [1.82, 2.24) is 0 Å². The van der Waals surface area contributed by atoms with Gasteiger partial charge in [-0.1, -0.05) is 6.58 Å². The van der Waals surface area contributed by atoms with Gasteiger partial charge in [-0.3, -0.25) is 0 Å². The summed E-state index contributed by atoms with van der Waals surface area (Å²) in [6.45, 7) is 9.43. The molecule has 0 amide bonds. The fraction of sp³-hybridized carbons (Fsp3) is 0.600. The zero-order valence-electron chi connectivity index (χ0n) is 8.58. The van der Waals surface area contributed by atoms with Gasteiger partial charge in [-0.25, -0.2) is 4.79 Å². The third-order valence-electron chi connectivity index (χ3n) is 1.92. The topological polar surface area (TPSA) is 26.3 Å². The fourth-order valence-corrected chi connectivity index (χ4v) is 0.836. The highest BCUT2D eigenvalue weighted by atomic mass is 16.5. The van der Waals surface area contributed by atoms with Gasteiger partial charge in [0.05, 0.1) is 33.8 Å². The summed E-state index contributed by atoms with van der Waals surface area (Å²) in [7, 11) is 4.20. The van der Waals surface area contributed by atoms with E-state index in [9.17, 15) is 4.79 Å². The Kier molecular flexibility index (Phi) is 5.39. The minimum Gasteiger partial charge on any atom is -0.462 e. The van der Waals surface area contributed by atoms with Crippen LogP contribution >= 0.6 is 0 Å². The summed E-state index contributed by atoms with van der Waals surface area (Å²) in [5.41, 5.74) is 0. The Labute approximate surface area is 80.6 Å². The molecule has 0 spiro atoms. The van der Waals surface area contributed by atoms with Crippen molar-refractivity contribution in [3.8, 4) is 0 Å². The standard InChI is InChI=1S/C10H19NO2/c1-5-10(12)13-9-7-8-11(3,4)6-2/h5H,1-2,6-9H2,3-4H3/q+1. The number of quaternary nitrogens is 1. The minimum absolute atomic E-state index is 0.347. The van der Waals surface area contributed by atoms with Gasteiger partial charge in [0, 0.05) is 19.4 Å². The molecule has 0 atom stereocenters. The third-order valence-corrected chi connectivity index (χ3v) is 1.92. The highest BCUT2D eigenvalue weighted by Crippen LogP contribution is 1.98. The summed E-state index contributed by atoms with van der Waals surface area (Å²) in [5, 5.41) is 0. The Bertz CT molecular complexity index is 176. The molecule has 0 saturated carbocycles. The smallest absolute Gasteiger partial charge is 0.330 e. The number of carbonyl (C=O) groups excluding carboxylic acids is 1. The lowest BCUT2D eigenvalue weighted by Gasteiger charge is -2.27. The van der Waals surface area contributed by atoms with Crippen LogP contribution in [0.1, 0.15) is 6.42 Å². The van der Waals surface area contributed by atoms with E-state index in [1.54, 1.807) is 0 Å². The van der Waals surface area contributed by atoms with Crippen molar-refractivity contribution >= 4 is 5.97 Å². The first-order valence-electron chi connectivity index (χ1n) is 4.42. The molecule has 0 saturated heterocycles. The Morgan fingerprint density at radius 2 is 2.15 bits per heavy atom. The molecule has 3 nitrogen and oxygen atoms in total. The molecule has 0 aromatic heterocycles. The van der Waals surface area contributed by atoms with Gasteiger partial charge >= 0.3 is 5.97 Å². The van der Waals surface area contributed by atoms with Crippen molar-refractivity contribution in [3.05, 3.63) is 19.6 Å². The van der Waals surface area contributed by atoms with Crippen LogP contribution in [0.4, 0.5) is 0 Å². The third kappa shape index (κ3) is 6.34. The number of nitrogens with zero attached hydrogens (tertiary/aromatic N) is 1. The molecule has 3 heteroatoms. The normalized spacial score (nSPS) is 11.0. The van der Waals surface area contributed by atoms with Crippen molar-refractivity contribution in [1.29, 1.82) is 0 Å². The van der Waals surface area contributed by atoms with Crippen LogP contribution in [-0.4, -0.2) is 44.2 Å². The Balaban J connectivity index is 3.46. The number of ether oxygens (including phenoxy) is 1. The molecule has 0 aliphatic heterocycles. The SMILES string of the molecule is [CH2]C[N+](C)(C)CCCOC(=O)C=C. The van der Waals surface area contributed by atoms with Gasteiger partial charge in [-0.05, 0) is 0 Å². The van der Waals surface area contributed by atoms with E-state index < -0.39 is 0 Å². The summed E-state index contributed by atoms with van der Waals surface area (Å²) in [5.74, 6) is -0.347. The predicted octanol–water partition coefficient (Wildman–Crippen LogP) is 1.02. The van der Waals surface area contributed by atoms with E-state index in [2.05, 4.69) is 27.6 Å². The van der Waals surface area contributed by atoms with E-state index in [0.717, 1.165) is 24.0 Å². The van der Waals surface area contributed by atoms with Gasteiger partial charge in [-0.2, -0.15) is 0 Å². The van der Waals surface area contributed by atoms with E-state index in [4.69, 9.17) is 4.74 Å². The molecule has 0 aromatic carbocycles. The van der Waals surface area contributed by atoms with Crippen LogP contribution in [-0.2, 0) is 9.53 Å². The molecular weight excluding hydrogens is 166 g/mol. The van der Waals surface area contributed by atoms with Gasteiger partial charge < -0.3 is 9.22 Å². The lowest BCUT2D eigenvalue weighted by molar-refractivity contribution is -0.885. The van der Waals surface area contributed by atoms with Crippen LogP contribution in [0.25, 0.3) is 0 Å². The van der Waals surface area contributed by atoms with E-state index >= 15 is 0 Å². The average molecular weight is 185 g/mol. The zero-order valence-corrected chi connectivity index (χ0v) is 8.58. The number of carbonyl (C=O) groups is 1. The monoisotopic (exact) mass is 185 g/mol. The van der Waals surface area contributed by atoms with E-state index in [1.165, 1.54) is 6.08 Å². The highest BCUT2D eigenvalue weighted by Gasteiger charge is 2.10. The van der Waals surface area contributed by atoms with Gasteiger partial charge in [0.2, 0.25) is 0 Å². The molecule has 13 heavy (non-hydrogen) atoms.